The van der Waals surface area contributed by atoms with Crippen LogP contribution in [0.5, 0.6) is 0 Å². The van der Waals surface area contributed by atoms with Crippen molar-refractivity contribution in [2.24, 2.45) is 0 Å². The Balaban J connectivity index is 1.72. The summed E-state index contributed by atoms with van der Waals surface area (Å²) in [4.78, 5) is 0. The molecule has 1 heterocycles. The SMILES string of the molecule is Fc1ccccc1Cn1cc(Br)c(NC(=S)Nc2ccccc2C(F)(F)F)n1. The molecule has 10 heteroatoms. The minimum atomic E-state index is -4.51. The van der Waals surface area contributed by atoms with Crippen molar-refractivity contribution in [2.75, 3.05) is 10.6 Å². The zero-order chi connectivity index (χ0) is 20.3. The van der Waals surface area contributed by atoms with E-state index in [4.69, 9.17) is 12.2 Å². The fourth-order valence-corrected chi connectivity index (χ4v) is 3.09. The van der Waals surface area contributed by atoms with Crippen LogP contribution in [-0.2, 0) is 12.7 Å². The minimum absolute atomic E-state index is 0.0615. The Kier molecular flexibility index (Phi) is 5.99. The van der Waals surface area contributed by atoms with E-state index < -0.39 is 11.7 Å². The van der Waals surface area contributed by atoms with Gasteiger partial charge in [0.25, 0.3) is 0 Å². The summed E-state index contributed by atoms with van der Waals surface area (Å²) in [5.74, 6) is -0.0668. The molecule has 2 aromatic carbocycles. The van der Waals surface area contributed by atoms with Crippen LogP contribution in [0.15, 0.2) is 59.2 Å². The summed E-state index contributed by atoms with van der Waals surface area (Å²) in [5, 5.41) is 9.45. The van der Waals surface area contributed by atoms with Gasteiger partial charge in [0.05, 0.1) is 22.3 Å². The number of rotatable bonds is 4. The molecule has 0 radical (unpaired) electrons. The van der Waals surface area contributed by atoms with E-state index in [1.165, 1.54) is 28.9 Å². The number of nitrogens with zero attached hydrogens (tertiary/aromatic N) is 2. The number of alkyl halides is 3. The maximum Gasteiger partial charge on any atom is 0.418 e. The maximum atomic E-state index is 13.8. The monoisotopic (exact) mass is 472 g/mol. The van der Waals surface area contributed by atoms with Gasteiger partial charge in [-0.25, -0.2) is 4.39 Å². The molecule has 0 spiro atoms. The van der Waals surface area contributed by atoms with Crippen molar-refractivity contribution in [3.63, 3.8) is 0 Å². The largest absolute Gasteiger partial charge is 0.418 e. The van der Waals surface area contributed by atoms with Crippen molar-refractivity contribution in [1.82, 2.24) is 9.78 Å². The van der Waals surface area contributed by atoms with E-state index in [0.717, 1.165) is 6.07 Å². The molecule has 0 unspecified atom stereocenters. The third-order valence-electron chi connectivity index (χ3n) is 3.72. The van der Waals surface area contributed by atoms with Gasteiger partial charge in [-0.3, -0.25) is 4.68 Å². The van der Waals surface area contributed by atoms with E-state index >= 15 is 0 Å². The summed E-state index contributed by atoms with van der Waals surface area (Å²) >= 11 is 8.40. The van der Waals surface area contributed by atoms with Crippen molar-refractivity contribution in [2.45, 2.75) is 12.7 Å². The van der Waals surface area contributed by atoms with Crippen LogP contribution in [0.3, 0.4) is 0 Å². The Bertz CT molecular complexity index is 1000. The van der Waals surface area contributed by atoms with Gasteiger partial charge in [0.1, 0.15) is 5.82 Å². The topological polar surface area (TPSA) is 41.9 Å². The van der Waals surface area contributed by atoms with Crippen molar-refractivity contribution in [3.8, 4) is 0 Å². The lowest BCUT2D eigenvalue weighted by molar-refractivity contribution is -0.136. The van der Waals surface area contributed by atoms with Crippen molar-refractivity contribution >= 4 is 44.8 Å². The van der Waals surface area contributed by atoms with E-state index in [1.54, 1.807) is 24.4 Å². The normalized spacial score (nSPS) is 11.3. The Morgan fingerprint density at radius 2 is 1.75 bits per heavy atom. The predicted molar refractivity (Wildman–Crippen MR) is 107 cm³/mol. The van der Waals surface area contributed by atoms with Gasteiger partial charge in [0.2, 0.25) is 0 Å². The van der Waals surface area contributed by atoms with E-state index in [0.29, 0.717) is 15.9 Å². The second kappa shape index (κ2) is 8.27. The molecular weight excluding hydrogens is 460 g/mol. The first kappa shape index (κ1) is 20.3. The molecule has 146 valence electrons. The third kappa shape index (κ3) is 4.87. The van der Waals surface area contributed by atoms with Crippen LogP contribution in [0.2, 0.25) is 0 Å². The molecule has 2 N–H and O–H groups in total. The number of hydrogen-bond acceptors (Lipinski definition) is 2. The molecule has 0 saturated carbocycles. The van der Waals surface area contributed by atoms with Crippen LogP contribution in [0.25, 0.3) is 0 Å². The second-order valence-electron chi connectivity index (χ2n) is 5.74. The molecule has 3 rings (SSSR count). The van der Waals surface area contributed by atoms with Crippen LogP contribution >= 0.6 is 28.1 Å². The molecular formula is C18H13BrF4N4S. The number of nitrogens with one attached hydrogen (secondary N) is 2. The van der Waals surface area contributed by atoms with E-state index in [2.05, 4.69) is 31.7 Å². The molecule has 0 amide bonds. The van der Waals surface area contributed by atoms with Crippen LogP contribution in [0.1, 0.15) is 11.1 Å². The van der Waals surface area contributed by atoms with E-state index in [-0.39, 0.29) is 23.2 Å². The Labute approximate surface area is 171 Å². The summed E-state index contributed by atoms with van der Waals surface area (Å²) < 4.78 is 55.0. The van der Waals surface area contributed by atoms with Gasteiger partial charge in [0, 0.05) is 11.8 Å². The zero-order valence-corrected chi connectivity index (χ0v) is 16.5. The number of para-hydroxylation sites is 1. The molecule has 28 heavy (non-hydrogen) atoms. The van der Waals surface area contributed by atoms with Gasteiger partial charge in [-0.05, 0) is 46.3 Å². The number of benzene rings is 2. The molecule has 0 atom stereocenters. The van der Waals surface area contributed by atoms with Crippen LogP contribution < -0.4 is 10.6 Å². The molecule has 0 saturated heterocycles. The lowest BCUT2D eigenvalue weighted by Crippen LogP contribution is -2.22. The average Bonchev–Trinajstić information content (AvgIpc) is 2.95. The highest BCUT2D eigenvalue weighted by Crippen LogP contribution is 2.34. The highest BCUT2D eigenvalue weighted by molar-refractivity contribution is 9.10. The van der Waals surface area contributed by atoms with Crippen LogP contribution in [-0.4, -0.2) is 14.9 Å². The quantitative estimate of drug-likeness (QED) is 0.379. The van der Waals surface area contributed by atoms with Gasteiger partial charge in [0.15, 0.2) is 10.9 Å². The molecule has 0 aliphatic rings. The molecule has 0 bridgehead atoms. The lowest BCUT2D eigenvalue weighted by Gasteiger charge is -2.15. The number of aromatic nitrogens is 2. The standard InChI is InChI=1S/C18H13BrF4N4S/c19-13-10-27(9-11-5-1-3-7-14(11)20)26-16(13)25-17(28)24-15-8-4-2-6-12(15)18(21,22)23/h1-8,10H,9H2,(H2,24,25,26,28). The van der Waals surface area contributed by atoms with Crippen molar-refractivity contribution in [1.29, 1.82) is 0 Å². The molecule has 0 aliphatic heterocycles. The number of anilines is 2. The fraction of sp³-hybridized carbons (Fsp3) is 0.111. The van der Waals surface area contributed by atoms with Gasteiger partial charge >= 0.3 is 6.18 Å². The third-order valence-corrected chi connectivity index (χ3v) is 4.50. The molecule has 0 aliphatic carbocycles. The molecule has 3 aromatic rings. The number of halogens is 5. The summed E-state index contributed by atoms with van der Waals surface area (Å²) in [7, 11) is 0. The summed E-state index contributed by atoms with van der Waals surface area (Å²) in [6.07, 6.45) is -2.90. The zero-order valence-electron chi connectivity index (χ0n) is 14.1. The Morgan fingerprint density at radius 3 is 2.46 bits per heavy atom. The van der Waals surface area contributed by atoms with Gasteiger partial charge in [-0.1, -0.05) is 30.3 Å². The smallest absolute Gasteiger partial charge is 0.332 e. The highest BCUT2D eigenvalue weighted by atomic mass is 79.9. The van der Waals surface area contributed by atoms with E-state index in [9.17, 15) is 17.6 Å². The lowest BCUT2D eigenvalue weighted by atomic mass is 10.2. The second-order valence-corrected chi connectivity index (χ2v) is 7.00. The first-order chi connectivity index (χ1) is 13.2. The van der Waals surface area contributed by atoms with Crippen LogP contribution in [0.4, 0.5) is 29.1 Å². The fourth-order valence-electron chi connectivity index (χ4n) is 2.46. The Morgan fingerprint density at radius 1 is 1.07 bits per heavy atom. The van der Waals surface area contributed by atoms with Gasteiger partial charge < -0.3 is 10.6 Å². The summed E-state index contributed by atoms with van der Waals surface area (Å²) in [6, 6.07) is 11.3. The minimum Gasteiger partial charge on any atom is -0.332 e. The van der Waals surface area contributed by atoms with Gasteiger partial charge in [-0.2, -0.15) is 18.3 Å². The molecule has 1 aromatic heterocycles. The highest BCUT2D eigenvalue weighted by Gasteiger charge is 2.33. The number of hydrogen-bond donors (Lipinski definition) is 2. The first-order valence-corrected chi connectivity index (χ1v) is 9.15. The first-order valence-electron chi connectivity index (χ1n) is 7.94. The predicted octanol–water partition coefficient (Wildman–Crippen LogP) is 5.66. The van der Waals surface area contributed by atoms with Crippen molar-refractivity contribution < 1.29 is 17.6 Å². The van der Waals surface area contributed by atoms with E-state index in [1.807, 2.05) is 0 Å². The summed E-state index contributed by atoms with van der Waals surface area (Å²) in [5.41, 5.74) is -0.554. The number of thiocarbonyl (C=S) groups is 1. The Hall–Kier alpha value is -2.46. The van der Waals surface area contributed by atoms with Crippen LogP contribution in [0, 0.1) is 5.82 Å². The van der Waals surface area contributed by atoms with Gasteiger partial charge in [-0.15, -0.1) is 0 Å². The average molecular weight is 473 g/mol. The maximum absolute atomic E-state index is 13.8. The molecule has 4 nitrogen and oxygen atoms in total. The van der Waals surface area contributed by atoms with Crippen molar-refractivity contribution in [3.05, 3.63) is 76.1 Å². The summed E-state index contributed by atoms with van der Waals surface area (Å²) in [6.45, 7) is 0.185. The molecule has 0 fully saturated rings.